The summed E-state index contributed by atoms with van der Waals surface area (Å²) in [5.41, 5.74) is 1.90. The van der Waals surface area contributed by atoms with Crippen LogP contribution in [0.4, 0.5) is 5.69 Å². The van der Waals surface area contributed by atoms with E-state index in [1.54, 1.807) is 18.2 Å². The Morgan fingerprint density at radius 1 is 1.59 bits per heavy atom. The summed E-state index contributed by atoms with van der Waals surface area (Å²) in [6, 6.07) is 7.11. The Kier molecular flexibility index (Phi) is 3.12. The van der Waals surface area contributed by atoms with Crippen molar-refractivity contribution >= 4 is 11.5 Å². The molecule has 1 heterocycles. The van der Waals surface area contributed by atoms with Crippen molar-refractivity contribution in [2.45, 2.75) is 19.4 Å². The van der Waals surface area contributed by atoms with Crippen LogP contribution in [0.3, 0.4) is 0 Å². The third-order valence-electron chi connectivity index (χ3n) is 3.01. The third kappa shape index (κ3) is 2.29. The van der Waals surface area contributed by atoms with Crippen LogP contribution >= 0.6 is 0 Å². The molecule has 1 N–H and O–H groups in total. The third-order valence-corrected chi connectivity index (χ3v) is 3.01. The van der Waals surface area contributed by atoms with Crippen LogP contribution in [0, 0.1) is 11.3 Å². The number of Topliss-reactive ketones (excluding diaryl/α,β-unsaturated/α-hetero) is 1. The van der Waals surface area contributed by atoms with Gasteiger partial charge in [-0.2, -0.15) is 5.26 Å². The number of nitriles is 1. The van der Waals surface area contributed by atoms with E-state index >= 15 is 0 Å². The van der Waals surface area contributed by atoms with Crippen LogP contribution in [0.15, 0.2) is 18.2 Å². The Bertz CT molecular complexity index is 491. The molecule has 1 unspecified atom stereocenters. The molecule has 0 bridgehead atoms. The lowest BCUT2D eigenvalue weighted by atomic mass is 10.1. The number of aliphatic hydroxyl groups excluding tert-OH is 1. The van der Waals surface area contributed by atoms with Gasteiger partial charge in [0.2, 0.25) is 0 Å². The second-order valence-corrected chi connectivity index (χ2v) is 4.29. The van der Waals surface area contributed by atoms with Gasteiger partial charge in [-0.1, -0.05) is 0 Å². The predicted molar refractivity (Wildman–Crippen MR) is 64.0 cm³/mol. The van der Waals surface area contributed by atoms with Gasteiger partial charge in [-0.25, -0.2) is 0 Å². The Morgan fingerprint density at radius 3 is 2.88 bits per heavy atom. The van der Waals surface area contributed by atoms with Crippen LogP contribution in [-0.2, 0) is 0 Å². The number of hydrogen-bond acceptors (Lipinski definition) is 4. The van der Waals surface area contributed by atoms with Crippen LogP contribution in [-0.4, -0.2) is 30.1 Å². The largest absolute Gasteiger partial charge is 0.391 e. The van der Waals surface area contributed by atoms with Crippen LogP contribution in [0.25, 0.3) is 0 Å². The molecular weight excluding hydrogens is 216 g/mol. The first kappa shape index (κ1) is 11.6. The summed E-state index contributed by atoms with van der Waals surface area (Å²) in [7, 11) is 0. The first-order valence-electron chi connectivity index (χ1n) is 5.60. The standard InChI is InChI=1S/C13H14N2O2/c1-9(16)12-3-2-10(7-14)6-13(12)15-5-4-11(17)8-15/h2-3,6,11,17H,4-5,8H2,1H3. The van der Waals surface area contributed by atoms with E-state index in [-0.39, 0.29) is 11.9 Å². The summed E-state index contributed by atoms with van der Waals surface area (Å²) >= 11 is 0. The topological polar surface area (TPSA) is 64.3 Å². The summed E-state index contributed by atoms with van der Waals surface area (Å²) in [5, 5.41) is 18.4. The Hall–Kier alpha value is -1.86. The fourth-order valence-electron chi connectivity index (χ4n) is 2.12. The number of anilines is 1. The molecule has 1 aliphatic rings. The molecule has 1 aromatic carbocycles. The fourth-order valence-corrected chi connectivity index (χ4v) is 2.12. The number of ketones is 1. The molecule has 1 fully saturated rings. The van der Waals surface area contributed by atoms with Gasteiger partial charge in [-0.3, -0.25) is 4.79 Å². The van der Waals surface area contributed by atoms with Crippen LogP contribution in [0.2, 0.25) is 0 Å². The highest BCUT2D eigenvalue weighted by atomic mass is 16.3. The van der Waals surface area contributed by atoms with E-state index in [9.17, 15) is 9.90 Å². The number of carbonyl (C=O) groups excluding carboxylic acids is 1. The van der Waals surface area contributed by atoms with Gasteiger partial charge in [0, 0.05) is 24.3 Å². The Morgan fingerprint density at radius 2 is 2.35 bits per heavy atom. The number of carbonyl (C=O) groups is 1. The minimum absolute atomic E-state index is 0.0223. The zero-order valence-corrected chi connectivity index (χ0v) is 9.68. The van der Waals surface area contributed by atoms with E-state index in [0.717, 1.165) is 12.2 Å². The maximum Gasteiger partial charge on any atom is 0.161 e. The Balaban J connectivity index is 2.42. The van der Waals surface area contributed by atoms with Crippen molar-refractivity contribution in [3.63, 3.8) is 0 Å². The van der Waals surface area contributed by atoms with Crippen molar-refractivity contribution in [1.82, 2.24) is 0 Å². The van der Waals surface area contributed by atoms with Crippen molar-refractivity contribution < 1.29 is 9.90 Å². The van der Waals surface area contributed by atoms with Gasteiger partial charge in [0.15, 0.2) is 5.78 Å². The summed E-state index contributed by atoms with van der Waals surface area (Å²) < 4.78 is 0. The van der Waals surface area contributed by atoms with Crippen molar-refractivity contribution in [3.8, 4) is 6.07 Å². The van der Waals surface area contributed by atoms with Crippen molar-refractivity contribution in [2.75, 3.05) is 18.0 Å². The number of nitrogens with zero attached hydrogens (tertiary/aromatic N) is 2. The molecular formula is C13H14N2O2. The van der Waals surface area contributed by atoms with Gasteiger partial charge in [0.25, 0.3) is 0 Å². The molecule has 0 saturated carbocycles. The molecule has 0 aliphatic carbocycles. The van der Waals surface area contributed by atoms with Gasteiger partial charge >= 0.3 is 0 Å². The van der Waals surface area contributed by atoms with Gasteiger partial charge < -0.3 is 10.0 Å². The summed E-state index contributed by atoms with van der Waals surface area (Å²) in [4.78, 5) is 13.5. The maximum atomic E-state index is 11.5. The van der Waals surface area contributed by atoms with Crippen LogP contribution in [0.5, 0.6) is 0 Å². The van der Waals surface area contributed by atoms with E-state index < -0.39 is 0 Å². The molecule has 4 nitrogen and oxygen atoms in total. The van der Waals surface area contributed by atoms with Crippen molar-refractivity contribution in [2.24, 2.45) is 0 Å². The number of aliphatic hydroxyl groups is 1. The van der Waals surface area contributed by atoms with E-state index in [4.69, 9.17) is 5.26 Å². The van der Waals surface area contributed by atoms with Crippen LogP contribution in [0.1, 0.15) is 29.3 Å². The molecule has 1 saturated heterocycles. The lowest BCUT2D eigenvalue weighted by Gasteiger charge is -2.20. The summed E-state index contributed by atoms with van der Waals surface area (Å²) in [6.45, 7) is 2.75. The molecule has 0 radical (unpaired) electrons. The number of β-amino-alcohol motifs (C(OH)–C–C–N with tert-alkyl or cyclic N) is 1. The molecule has 17 heavy (non-hydrogen) atoms. The zero-order valence-electron chi connectivity index (χ0n) is 9.68. The first-order chi connectivity index (χ1) is 8.11. The minimum Gasteiger partial charge on any atom is -0.391 e. The van der Waals surface area contributed by atoms with Gasteiger partial charge in [0.05, 0.1) is 17.7 Å². The maximum absolute atomic E-state index is 11.5. The molecule has 0 amide bonds. The van der Waals surface area contributed by atoms with Gasteiger partial charge in [-0.15, -0.1) is 0 Å². The van der Waals surface area contributed by atoms with Crippen molar-refractivity contribution in [1.29, 1.82) is 5.26 Å². The first-order valence-corrected chi connectivity index (χ1v) is 5.60. The number of rotatable bonds is 2. The summed E-state index contributed by atoms with van der Waals surface area (Å²) in [6.07, 6.45) is 0.356. The molecule has 1 aliphatic heterocycles. The van der Waals surface area contributed by atoms with E-state index in [0.29, 0.717) is 24.1 Å². The lowest BCUT2D eigenvalue weighted by molar-refractivity contribution is 0.101. The highest BCUT2D eigenvalue weighted by molar-refractivity contribution is 6.00. The summed E-state index contributed by atoms with van der Waals surface area (Å²) in [5.74, 6) is -0.0223. The highest BCUT2D eigenvalue weighted by Crippen LogP contribution is 2.26. The second-order valence-electron chi connectivity index (χ2n) is 4.29. The van der Waals surface area contributed by atoms with Crippen LogP contribution < -0.4 is 4.90 Å². The normalized spacial score (nSPS) is 19.1. The van der Waals surface area contributed by atoms with E-state index in [1.165, 1.54) is 6.92 Å². The molecule has 0 spiro atoms. The lowest BCUT2D eigenvalue weighted by Crippen LogP contribution is -2.23. The second kappa shape index (κ2) is 4.56. The molecule has 4 heteroatoms. The molecule has 0 aromatic heterocycles. The fraction of sp³-hybridized carbons (Fsp3) is 0.385. The molecule has 1 atom stereocenters. The molecule has 88 valence electrons. The number of hydrogen-bond donors (Lipinski definition) is 1. The predicted octanol–water partition coefficient (Wildman–Crippen LogP) is 1.33. The minimum atomic E-state index is -0.347. The smallest absolute Gasteiger partial charge is 0.161 e. The SMILES string of the molecule is CC(=O)c1ccc(C#N)cc1N1CCC(O)C1. The Labute approximate surface area is 100 Å². The highest BCUT2D eigenvalue weighted by Gasteiger charge is 2.23. The molecule has 2 rings (SSSR count). The van der Waals surface area contributed by atoms with Crippen molar-refractivity contribution in [3.05, 3.63) is 29.3 Å². The average Bonchev–Trinajstić information content (AvgIpc) is 2.75. The van der Waals surface area contributed by atoms with E-state index in [2.05, 4.69) is 6.07 Å². The van der Waals surface area contributed by atoms with Gasteiger partial charge in [0.1, 0.15) is 0 Å². The number of benzene rings is 1. The average molecular weight is 230 g/mol. The zero-order chi connectivity index (χ0) is 12.4. The monoisotopic (exact) mass is 230 g/mol. The molecule has 1 aromatic rings. The van der Waals surface area contributed by atoms with Gasteiger partial charge in [-0.05, 0) is 31.5 Å². The van der Waals surface area contributed by atoms with E-state index in [1.807, 2.05) is 4.90 Å². The quantitative estimate of drug-likeness (QED) is 0.778.